The predicted octanol–water partition coefficient (Wildman–Crippen LogP) is 24.4. The molecule has 3 heteroatoms. The summed E-state index contributed by atoms with van der Waals surface area (Å²) in [6, 6.07) is 123. The summed E-state index contributed by atoms with van der Waals surface area (Å²) in [5.74, 6) is 0. The van der Waals surface area contributed by atoms with Crippen molar-refractivity contribution < 1.29 is 0 Å². The van der Waals surface area contributed by atoms with Crippen molar-refractivity contribution in [1.29, 1.82) is 0 Å². The number of aromatic nitrogens is 2. The van der Waals surface area contributed by atoms with Crippen molar-refractivity contribution in [2.24, 2.45) is 0 Å². The first-order chi connectivity index (χ1) is 49.4. The summed E-state index contributed by atoms with van der Waals surface area (Å²) in [5, 5.41) is 12.7. The Kier molecular flexibility index (Phi) is 13.0. The van der Waals surface area contributed by atoms with Crippen LogP contribution >= 0.6 is 0 Å². The standard InChI is InChI=1S/C98H71BN2/c1-97(2,3)68-49-51-82-77(57-68)78-58-69(98(4,5)6)59-81-95(78)100(82)84-55-67(91-89(64-39-21-11-22-40-64)87(62-35-17-9-18-36-62)86(61-33-15-8-16-34-61)88(63-37-19-10-20-38-63)90(91)65-41-23-12-24-42-65)56-85-94(84)99(81)80-54-66(71-44-26-25-43-70(71)60-31-13-7-14-32-60)53-79-93-83(101(85)96(79)80)52-50-76-74-47-28-27-45-72(74)73-46-29-30-48-75(73)92(76)93/h7-59H,1-6H3. The van der Waals surface area contributed by atoms with Gasteiger partial charge in [0.1, 0.15) is 0 Å². The van der Waals surface area contributed by atoms with Crippen LogP contribution in [0.15, 0.2) is 322 Å². The molecule has 0 bridgehead atoms. The zero-order valence-corrected chi connectivity index (χ0v) is 57.6. The van der Waals surface area contributed by atoms with Crippen LogP contribution in [0.5, 0.6) is 0 Å². The van der Waals surface area contributed by atoms with Gasteiger partial charge in [0.2, 0.25) is 0 Å². The molecule has 18 aromatic rings. The molecule has 0 spiro atoms. The molecule has 4 heterocycles. The predicted molar refractivity (Wildman–Crippen MR) is 433 cm³/mol. The molecule has 0 amide bonds. The van der Waals surface area contributed by atoms with E-state index in [2.05, 4.69) is 372 Å². The highest BCUT2D eigenvalue weighted by molar-refractivity contribution is 7.00. The van der Waals surface area contributed by atoms with Gasteiger partial charge in [-0.15, -0.1) is 0 Å². The van der Waals surface area contributed by atoms with Crippen LogP contribution in [0.1, 0.15) is 52.7 Å². The minimum absolute atomic E-state index is 0.0913. The molecule has 101 heavy (non-hydrogen) atoms. The third-order valence-corrected chi connectivity index (χ3v) is 22.3. The number of nitrogens with zero attached hydrogens (tertiary/aromatic N) is 2. The lowest BCUT2D eigenvalue weighted by molar-refractivity contribution is 0.590. The fourth-order valence-electron chi connectivity index (χ4n) is 17.9. The molecule has 16 aromatic carbocycles. The van der Waals surface area contributed by atoms with E-state index in [0.717, 1.165) is 33.4 Å². The minimum Gasteiger partial charge on any atom is -0.310 e. The Bertz CT molecular complexity index is 6330. The number of benzene rings is 16. The fourth-order valence-corrected chi connectivity index (χ4v) is 17.9. The molecule has 2 aliphatic heterocycles. The van der Waals surface area contributed by atoms with Crippen molar-refractivity contribution in [1.82, 2.24) is 9.13 Å². The van der Waals surface area contributed by atoms with Crippen molar-refractivity contribution in [2.45, 2.75) is 52.4 Å². The highest BCUT2D eigenvalue weighted by Crippen LogP contribution is 2.57. The molecule has 0 saturated heterocycles. The van der Waals surface area contributed by atoms with E-state index in [-0.39, 0.29) is 17.5 Å². The molecule has 0 aliphatic carbocycles. The van der Waals surface area contributed by atoms with Gasteiger partial charge in [-0.2, -0.15) is 0 Å². The van der Waals surface area contributed by atoms with Gasteiger partial charge in [-0.25, -0.2) is 0 Å². The first kappa shape index (κ1) is 59.1. The third-order valence-electron chi connectivity index (χ3n) is 22.3. The van der Waals surface area contributed by atoms with Crippen molar-refractivity contribution in [2.75, 3.05) is 0 Å². The zero-order valence-electron chi connectivity index (χ0n) is 57.6. The highest BCUT2D eigenvalue weighted by atomic mass is 15.0. The second kappa shape index (κ2) is 22.2. The van der Waals surface area contributed by atoms with E-state index in [0.29, 0.717) is 0 Å². The SMILES string of the molecule is CC(C)(C)c1ccc2c(c1)c1cc(C(C)(C)C)cc3c1n2-c1cc(-c2c(-c4ccccc4)c(-c4ccccc4)c(-c4ccccc4)c(-c4ccccc4)c2-c2ccccc2)cc2c1B3c1cc(-c3ccccc3-c3ccccc3)cc3c4c5c6ccccc6c6ccccc6c5ccc4n-2c13. The summed E-state index contributed by atoms with van der Waals surface area (Å²) in [7, 11) is 0. The van der Waals surface area contributed by atoms with E-state index in [1.807, 2.05) is 0 Å². The van der Waals surface area contributed by atoms with E-state index in [9.17, 15) is 0 Å². The molecule has 2 aliphatic rings. The Morgan fingerprint density at radius 3 is 1.09 bits per heavy atom. The van der Waals surface area contributed by atoms with Gasteiger partial charge in [0, 0.05) is 49.3 Å². The minimum atomic E-state index is -0.188. The quantitative estimate of drug-likeness (QED) is 0.106. The number of hydrogen-bond donors (Lipinski definition) is 0. The van der Waals surface area contributed by atoms with Crippen LogP contribution in [0.4, 0.5) is 0 Å². The van der Waals surface area contributed by atoms with E-state index in [1.54, 1.807) is 0 Å². The molecule has 20 rings (SSSR count). The van der Waals surface area contributed by atoms with Gasteiger partial charge in [-0.3, -0.25) is 0 Å². The van der Waals surface area contributed by atoms with Crippen molar-refractivity contribution in [3.8, 4) is 100 Å². The second-order valence-corrected chi connectivity index (χ2v) is 30.2. The maximum atomic E-state index is 2.74. The first-order valence-corrected chi connectivity index (χ1v) is 35.8. The van der Waals surface area contributed by atoms with Crippen LogP contribution in [-0.4, -0.2) is 15.8 Å². The van der Waals surface area contributed by atoms with Crippen LogP contribution in [0, 0.1) is 0 Å². The van der Waals surface area contributed by atoms with Crippen molar-refractivity contribution in [3.05, 3.63) is 333 Å². The van der Waals surface area contributed by atoms with E-state index < -0.39 is 0 Å². The third kappa shape index (κ3) is 8.85. The largest absolute Gasteiger partial charge is 0.310 e. The summed E-state index contributed by atoms with van der Waals surface area (Å²) in [4.78, 5) is 0. The summed E-state index contributed by atoms with van der Waals surface area (Å²) in [6.07, 6.45) is 0. The van der Waals surface area contributed by atoms with E-state index in [4.69, 9.17) is 0 Å². The summed E-state index contributed by atoms with van der Waals surface area (Å²) >= 11 is 0. The molecule has 0 saturated carbocycles. The Morgan fingerprint density at radius 2 is 0.604 bits per heavy atom. The number of rotatable bonds is 8. The Balaban J connectivity index is 1.05. The van der Waals surface area contributed by atoms with Crippen LogP contribution in [0.3, 0.4) is 0 Å². The summed E-state index contributed by atoms with van der Waals surface area (Å²) < 4.78 is 5.46. The Hall–Kier alpha value is -12.0. The highest BCUT2D eigenvalue weighted by Gasteiger charge is 2.44. The molecule has 0 radical (unpaired) electrons. The topological polar surface area (TPSA) is 9.86 Å². The number of hydrogen-bond acceptors (Lipinski definition) is 0. The van der Waals surface area contributed by atoms with Gasteiger partial charge < -0.3 is 9.13 Å². The van der Waals surface area contributed by atoms with E-state index >= 15 is 0 Å². The maximum Gasteiger partial charge on any atom is 0.252 e. The van der Waals surface area contributed by atoms with E-state index in [1.165, 1.54) is 170 Å². The average Bonchev–Trinajstić information content (AvgIpc) is 1.54. The van der Waals surface area contributed by atoms with Crippen LogP contribution < -0.4 is 16.4 Å². The van der Waals surface area contributed by atoms with Gasteiger partial charge in [-0.05, 0) is 197 Å². The van der Waals surface area contributed by atoms with Gasteiger partial charge >= 0.3 is 0 Å². The molecular formula is C98H71BN2. The van der Waals surface area contributed by atoms with Gasteiger partial charge in [0.25, 0.3) is 6.71 Å². The smallest absolute Gasteiger partial charge is 0.252 e. The molecule has 0 fully saturated rings. The molecule has 476 valence electrons. The zero-order chi connectivity index (χ0) is 67.6. The average molecular weight is 1290 g/mol. The van der Waals surface area contributed by atoms with Gasteiger partial charge in [-0.1, -0.05) is 321 Å². The van der Waals surface area contributed by atoms with Crippen LogP contribution in [0.2, 0.25) is 0 Å². The Morgan fingerprint density at radius 1 is 0.238 bits per heavy atom. The second-order valence-electron chi connectivity index (χ2n) is 30.2. The van der Waals surface area contributed by atoms with Crippen molar-refractivity contribution >= 4 is 99.0 Å². The van der Waals surface area contributed by atoms with Crippen LogP contribution in [0.25, 0.3) is 176 Å². The molecule has 0 unspecified atom stereocenters. The fraction of sp³-hybridized carbons (Fsp3) is 0.0816. The molecular weight excluding hydrogens is 1220 g/mol. The summed E-state index contributed by atoms with van der Waals surface area (Å²) in [5.41, 5.74) is 32.6. The summed E-state index contributed by atoms with van der Waals surface area (Å²) in [6.45, 7) is 14.1. The van der Waals surface area contributed by atoms with Crippen LogP contribution in [-0.2, 0) is 10.8 Å². The lowest BCUT2D eigenvalue weighted by Gasteiger charge is -2.36. The lowest BCUT2D eigenvalue weighted by atomic mass is 9.34. The molecule has 2 aromatic heterocycles. The van der Waals surface area contributed by atoms with Crippen molar-refractivity contribution in [3.63, 3.8) is 0 Å². The molecule has 0 N–H and O–H groups in total. The molecule has 0 atom stereocenters. The molecule has 2 nitrogen and oxygen atoms in total. The maximum absolute atomic E-state index is 2.74. The monoisotopic (exact) mass is 1290 g/mol. The number of fused-ring (bicyclic) bond motifs is 17. The van der Waals surface area contributed by atoms with Gasteiger partial charge in [0.15, 0.2) is 0 Å². The Labute approximate surface area is 589 Å². The normalized spacial score (nSPS) is 12.6. The van der Waals surface area contributed by atoms with Gasteiger partial charge in [0.05, 0.1) is 11.0 Å². The first-order valence-electron chi connectivity index (χ1n) is 35.8. The lowest BCUT2D eigenvalue weighted by Crippen LogP contribution is -2.59.